The Morgan fingerprint density at radius 2 is 2.33 bits per heavy atom. The summed E-state index contributed by atoms with van der Waals surface area (Å²) in [6, 6.07) is 4.38. The second-order valence-corrected chi connectivity index (χ2v) is 2.36. The molecule has 12 heavy (non-hydrogen) atoms. The Balaban J connectivity index is 2.91. The van der Waals surface area contributed by atoms with Crippen LogP contribution in [0.25, 0.3) is 5.52 Å². The van der Waals surface area contributed by atoms with Crippen LogP contribution in [-0.2, 0) is 0 Å². The minimum absolute atomic E-state index is 0.252. The third-order valence-corrected chi connectivity index (χ3v) is 1.60. The predicted molar refractivity (Wildman–Crippen MR) is 39.9 cm³/mol. The van der Waals surface area contributed by atoms with Gasteiger partial charge >= 0.3 is 0 Å². The summed E-state index contributed by atoms with van der Waals surface area (Å²) in [4.78, 5) is 3.80. The maximum absolute atomic E-state index is 12.8. The van der Waals surface area contributed by atoms with Gasteiger partial charge in [-0.15, -0.1) is 0 Å². The Morgan fingerprint density at radius 3 is 3.08 bits per heavy atom. The molecule has 0 aliphatic heterocycles. The lowest BCUT2D eigenvalue weighted by Gasteiger charge is -1.95. The lowest BCUT2D eigenvalue weighted by molar-refractivity contribution is 0.626. The van der Waals surface area contributed by atoms with Gasteiger partial charge in [0.1, 0.15) is 23.9 Å². The molecule has 3 nitrogen and oxygen atoms in total. The predicted octanol–water partition coefficient (Wildman–Crippen LogP) is 1.35. The molecule has 0 saturated carbocycles. The summed E-state index contributed by atoms with van der Waals surface area (Å²) in [7, 11) is 0. The maximum Gasteiger partial charge on any atom is 0.128 e. The van der Waals surface area contributed by atoms with E-state index in [9.17, 15) is 4.39 Å². The van der Waals surface area contributed by atoms with Crippen LogP contribution in [0.4, 0.5) is 4.39 Å². The van der Waals surface area contributed by atoms with E-state index in [0.29, 0.717) is 5.52 Å². The second kappa shape index (κ2) is 2.31. The number of halogens is 1. The molecule has 0 aliphatic rings. The Morgan fingerprint density at radius 1 is 1.50 bits per heavy atom. The molecular formula is C8H4FN3. The first kappa shape index (κ1) is 6.80. The number of imidazole rings is 1. The topological polar surface area (TPSA) is 41.1 Å². The van der Waals surface area contributed by atoms with Crippen LogP contribution in [0, 0.1) is 17.1 Å². The molecule has 0 aromatic carbocycles. The molecule has 2 aromatic rings. The molecule has 4 heteroatoms. The van der Waals surface area contributed by atoms with Gasteiger partial charge < -0.3 is 0 Å². The molecule has 0 radical (unpaired) electrons. The van der Waals surface area contributed by atoms with Gasteiger partial charge in [-0.2, -0.15) is 5.26 Å². The van der Waals surface area contributed by atoms with Gasteiger partial charge in [0.15, 0.2) is 0 Å². The van der Waals surface area contributed by atoms with Gasteiger partial charge in [-0.3, -0.25) is 4.40 Å². The van der Waals surface area contributed by atoms with Crippen LogP contribution < -0.4 is 0 Å². The smallest absolute Gasteiger partial charge is 0.128 e. The number of hydrogen-bond acceptors (Lipinski definition) is 2. The summed E-state index contributed by atoms with van der Waals surface area (Å²) in [6.45, 7) is 0. The maximum atomic E-state index is 12.8. The van der Waals surface area contributed by atoms with E-state index >= 15 is 0 Å². The number of aromatic nitrogens is 2. The first-order valence-corrected chi connectivity index (χ1v) is 3.33. The lowest BCUT2D eigenvalue weighted by atomic mass is 10.3. The largest absolute Gasteiger partial charge is 0.290 e. The number of nitriles is 1. The van der Waals surface area contributed by atoms with Crippen molar-refractivity contribution in [2.75, 3.05) is 0 Å². The molecule has 0 amide bonds. The summed E-state index contributed by atoms with van der Waals surface area (Å²) in [5.74, 6) is -0.417. The highest BCUT2D eigenvalue weighted by atomic mass is 19.1. The van der Waals surface area contributed by atoms with E-state index in [4.69, 9.17) is 5.26 Å². The van der Waals surface area contributed by atoms with Crippen LogP contribution in [0.3, 0.4) is 0 Å². The first-order chi connectivity index (χ1) is 5.81. The number of nitrogens with zero attached hydrogens (tertiary/aromatic N) is 3. The fraction of sp³-hybridized carbons (Fsp3) is 0. The highest BCUT2D eigenvalue weighted by Gasteiger charge is 2.01. The highest BCUT2D eigenvalue weighted by molar-refractivity contribution is 5.48. The zero-order valence-corrected chi connectivity index (χ0v) is 6.03. The molecular weight excluding hydrogens is 157 g/mol. The van der Waals surface area contributed by atoms with Crippen LogP contribution >= 0.6 is 0 Å². The molecule has 2 rings (SSSR count). The van der Waals surface area contributed by atoms with E-state index in [1.165, 1.54) is 29.1 Å². The van der Waals surface area contributed by atoms with E-state index in [0.717, 1.165) is 0 Å². The summed E-state index contributed by atoms with van der Waals surface area (Å²) in [6.07, 6.45) is 2.98. The van der Waals surface area contributed by atoms with Gasteiger partial charge in [0.2, 0.25) is 0 Å². The fourth-order valence-electron chi connectivity index (χ4n) is 1.08. The van der Waals surface area contributed by atoms with Crippen LogP contribution in [0.2, 0.25) is 0 Å². The van der Waals surface area contributed by atoms with Gasteiger partial charge in [-0.1, -0.05) is 0 Å². The van der Waals surface area contributed by atoms with Crippen LogP contribution in [-0.4, -0.2) is 9.38 Å². The Bertz CT molecular complexity index is 467. The van der Waals surface area contributed by atoms with Crippen molar-refractivity contribution in [2.24, 2.45) is 0 Å². The SMILES string of the molecule is N#Cc1cc(F)cc2cncn12. The quantitative estimate of drug-likeness (QED) is 0.585. The van der Waals surface area contributed by atoms with E-state index < -0.39 is 5.82 Å². The number of fused-ring (bicyclic) bond motifs is 1. The van der Waals surface area contributed by atoms with Crippen LogP contribution in [0.5, 0.6) is 0 Å². The lowest BCUT2D eigenvalue weighted by Crippen LogP contribution is -1.91. The minimum atomic E-state index is -0.417. The van der Waals surface area contributed by atoms with Gasteiger partial charge in [-0.25, -0.2) is 9.37 Å². The highest BCUT2D eigenvalue weighted by Crippen LogP contribution is 2.08. The van der Waals surface area contributed by atoms with Crippen molar-refractivity contribution in [1.29, 1.82) is 5.26 Å². The van der Waals surface area contributed by atoms with Gasteiger partial charge in [0.05, 0.1) is 11.7 Å². The monoisotopic (exact) mass is 161 g/mol. The number of pyridine rings is 1. The van der Waals surface area contributed by atoms with Crippen molar-refractivity contribution in [2.45, 2.75) is 0 Å². The normalized spacial score (nSPS) is 10.0. The van der Waals surface area contributed by atoms with E-state index in [-0.39, 0.29) is 5.69 Å². The van der Waals surface area contributed by atoms with E-state index in [1.54, 1.807) is 0 Å². The zero-order valence-electron chi connectivity index (χ0n) is 6.03. The average molecular weight is 161 g/mol. The van der Waals surface area contributed by atoms with E-state index in [1.807, 2.05) is 6.07 Å². The molecule has 2 heterocycles. The summed E-state index contributed by atoms with van der Waals surface area (Å²) < 4.78 is 14.3. The van der Waals surface area contributed by atoms with E-state index in [2.05, 4.69) is 4.98 Å². The van der Waals surface area contributed by atoms with Gasteiger partial charge in [-0.05, 0) is 6.07 Å². The van der Waals surface area contributed by atoms with Crippen LogP contribution in [0.1, 0.15) is 5.69 Å². The Hall–Kier alpha value is -1.89. The molecule has 58 valence electrons. The third kappa shape index (κ3) is 0.839. The van der Waals surface area contributed by atoms with Crippen molar-refractivity contribution in [1.82, 2.24) is 9.38 Å². The molecule has 2 aromatic heterocycles. The molecule has 0 aliphatic carbocycles. The van der Waals surface area contributed by atoms with Crippen molar-refractivity contribution in [3.8, 4) is 6.07 Å². The third-order valence-electron chi connectivity index (χ3n) is 1.60. The Labute approximate surface area is 67.7 Å². The van der Waals surface area contributed by atoms with Gasteiger partial charge in [0.25, 0.3) is 0 Å². The number of rotatable bonds is 0. The van der Waals surface area contributed by atoms with Crippen molar-refractivity contribution < 1.29 is 4.39 Å². The Kier molecular flexibility index (Phi) is 1.31. The summed E-state index contributed by atoms with van der Waals surface area (Å²) in [5.41, 5.74) is 0.842. The molecule has 0 fully saturated rings. The summed E-state index contributed by atoms with van der Waals surface area (Å²) >= 11 is 0. The second-order valence-electron chi connectivity index (χ2n) is 2.36. The molecule has 0 bridgehead atoms. The molecule has 0 unspecified atom stereocenters. The molecule has 0 saturated heterocycles. The van der Waals surface area contributed by atoms with Crippen molar-refractivity contribution in [3.05, 3.63) is 36.2 Å². The zero-order chi connectivity index (χ0) is 8.55. The standard InChI is InChI=1S/C8H4FN3/c9-6-1-7(3-10)12-5-11-4-8(12)2-6/h1-2,4-5H. The molecule has 0 atom stereocenters. The fourth-order valence-corrected chi connectivity index (χ4v) is 1.08. The van der Waals surface area contributed by atoms with Gasteiger partial charge in [0, 0.05) is 6.07 Å². The average Bonchev–Trinajstić information content (AvgIpc) is 2.50. The van der Waals surface area contributed by atoms with Crippen molar-refractivity contribution in [3.63, 3.8) is 0 Å². The molecule has 0 spiro atoms. The minimum Gasteiger partial charge on any atom is -0.290 e. The number of hydrogen-bond donors (Lipinski definition) is 0. The first-order valence-electron chi connectivity index (χ1n) is 3.33. The van der Waals surface area contributed by atoms with Crippen LogP contribution in [0.15, 0.2) is 24.7 Å². The summed E-state index contributed by atoms with van der Waals surface area (Å²) in [5, 5.41) is 8.61. The van der Waals surface area contributed by atoms with Crippen molar-refractivity contribution >= 4 is 5.52 Å². The molecule has 0 N–H and O–H groups in total.